The van der Waals surface area contributed by atoms with Crippen LogP contribution in [-0.2, 0) is 15.9 Å². The molecule has 1 saturated heterocycles. The van der Waals surface area contributed by atoms with Crippen LogP contribution in [-0.4, -0.2) is 78.2 Å². The molecule has 1 aromatic rings. The summed E-state index contributed by atoms with van der Waals surface area (Å²) >= 11 is 0. The van der Waals surface area contributed by atoms with E-state index in [1.54, 1.807) is 21.3 Å². The summed E-state index contributed by atoms with van der Waals surface area (Å²) in [7, 11) is 5.00. The number of hydrogen-bond donors (Lipinski definition) is 1. The summed E-state index contributed by atoms with van der Waals surface area (Å²) in [4.78, 5) is 7.17. The second kappa shape index (κ2) is 12.5. The highest BCUT2D eigenvalue weighted by Crippen LogP contribution is 2.27. The van der Waals surface area contributed by atoms with Crippen LogP contribution in [0.15, 0.2) is 23.2 Å². The summed E-state index contributed by atoms with van der Waals surface area (Å²) in [5.41, 5.74) is 1.18. The average molecular weight is 394 g/mol. The Labute approximate surface area is 169 Å². The third-order valence-corrected chi connectivity index (χ3v) is 4.82. The molecule has 1 N–H and O–H groups in total. The van der Waals surface area contributed by atoms with Crippen LogP contribution in [0.3, 0.4) is 0 Å². The van der Waals surface area contributed by atoms with E-state index in [2.05, 4.69) is 23.2 Å². The summed E-state index contributed by atoms with van der Waals surface area (Å²) in [5, 5.41) is 3.42. The zero-order valence-electron chi connectivity index (χ0n) is 17.7. The van der Waals surface area contributed by atoms with Gasteiger partial charge in [-0.2, -0.15) is 0 Å². The summed E-state index contributed by atoms with van der Waals surface area (Å²) in [6, 6.07) is 6.02. The van der Waals surface area contributed by atoms with Gasteiger partial charge in [-0.15, -0.1) is 0 Å². The van der Waals surface area contributed by atoms with Crippen LogP contribution in [0.2, 0.25) is 0 Å². The Balaban J connectivity index is 1.87. The van der Waals surface area contributed by atoms with Gasteiger partial charge in [0.1, 0.15) is 0 Å². The molecule has 1 fully saturated rings. The molecule has 158 valence electrons. The first-order valence-corrected chi connectivity index (χ1v) is 10.0. The van der Waals surface area contributed by atoms with Crippen LogP contribution in [0.25, 0.3) is 0 Å². The number of ether oxygens (including phenoxy) is 4. The molecule has 7 nitrogen and oxygen atoms in total. The van der Waals surface area contributed by atoms with Crippen LogP contribution in [0, 0.1) is 5.92 Å². The number of methoxy groups -OCH3 is 3. The number of hydrogen-bond acceptors (Lipinski definition) is 5. The van der Waals surface area contributed by atoms with Crippen molar-refractivity contribution >= 4 is 5.96 Å². The Morgan fingerprint density at radius 3 is 2.71 bits per heavy atom. The van der Waals surface area contributed by atoms with E-state index in [0.717, 1.165) is 63.1 Å². The Bertz CT molecular complexity index is 609. The molecular weight excluding hydrogens is 358 g/mol. The van der Waals surface area contributed by atoms with E-state index in [9.17, 15) is 0 Å². The second-order valence-electron chi connectivity index (χ2n) is 6.84. The average Bonchev–Trinajstić information content (AvgIpc) is 3.19. The molecule has 28 heavy (non-hydrogen) atoms. The molecule has 2 rings (SSSR count). The third-order valence-electron chi connectivity index (χ3n) is 4.82. The highest BCUT2D eigenvalue weighted by molar-refractivity contribution is 5.80. The maximum absolute atomic E-state index is 5.69. The maximum Gasteiger partial charge on any atom is 0.193 e. The van der Waals surface area contributed by atoms with Gasteiger partial charge in [0.25, 0.3) is 0 Å². The molecule has 1 heterocycles. The van der Waals surface area contributed by atoms with Gasteiger partial charge in [0.2, 0.25) is 0 Å². The first kappa shape index (κ1) is 22.3. The number of nitrogens with one attached hydrogen (secondary N) is 1. The molecule has 0 aliphatic carbocycles. The molecule has 0 spiro atoms. The van der Waals surface area contributed by atoms with Crippen molar-refractivity contribution < 1.29 is 18.9 Å². The summed E-state index contributed by atoms with van der Waals surface area (Å²) < 4.78 is 21.4. The lowest BCUT2D eigenvalue weighted by atomic mass is 10.1. The molecule has 0 aromatic heterocycles. The van der Waals surface area contributed by atoms with Crippen molar-refractivity contribution in [3.05, 3.63) is 23.8 Å². The van der Waals surface area contributed by atoms with Gasteiger partial charge < -0.3 is 29.2 Å². The van der Waals surface area contributed by atoms with E-state index >= 15 is 0 Å². The van der Waals surface area contributed by atoms with Gasteiger partial charge in [-0.05, 0) is 37.5 Å². The van der Waals surface area contributed by atoms with Crippen LogP contribution < -0.4 is 14.8 Å². The molecule has 7 heteroatoms. The summed E-state index contributed by atoms with van der Waals surface area (Å²) in [6.45, 7) is 7.78. The normalized spacial score (nSPS) is 17.1. The zero-order valence-corrected chi connectivity index (χ0v) is 17.7. The molecule has 1 atom stereocenters. The predicted molar refractivity (Wildman–Crippen MR) is 112 cm³/mol. The van der Waals surface area contributed by atoms with Gasteiger partial charge in [-0.1, -0.05) is 6.07 Å². The Hall–Kier alpha value is -1.99. The number of aliphatic imine (C=N–C) groups is 1. The second-order valence-corrected chi connectivity index (χ2v) is 6.84. The van der Waals surface area contributed by atoms with Crippen molar-refractivity contribution in [2.24, 2.45) is 10.9 Å². The predicted octanol–water partition coefficient (Wildman–Crippen LogP) is 2.20. The number of rotatable bonds is 11. The number of benzene rings is 1. The topological polar surface area (TPSA) is 64.6 Å². The van der Waals surface area contributed by atoms with Crippen molar-refractivity contribution in [2.45, 2.75) is 19.8 Å². The fraction of sp³-hybridized carbons (Fsp3) is 0.667. The zero-order chi connectivity index (χ0) is 20.2. The monoisotopic (exact) mass is 393 g/mol. The van der Waals surface area contributed by atoms with E-state index in [1.807, 2.05) is 12.1 Å². The van der Waals surface area contributed by atoms with Gasteiger partial charge in [0, 0.05) is 39.2 Å². The van der Waals surface area contributed by atoms with Gasteiger partial charge in [-0.25, -0.2) is 0 Å². The van der Waals surface area contributed by atoms with Crippen LogP contribution in [0.1, 0.15) is 18.9 Å². The SMILES string of the molecule is CCNC(=NCCc1ccc(OC)c(OC)c1)N1CCC(COCCOC)C1. The molecule has 1 aromatic carbocycles. The molecule has 0 amide bonds. The van der Waals surface area contributed by atoms with Gasteiger partial charge in [-0.3, -0.25) is 4.99 Å². The molecular formula is C21H35N3O4. The Morgan fingerprint density at radius 2 is 2.00 bits per heavy atom. The Morgan fingerprint density at radius 1 is 1.18 bits per heavy atom. The molecule has 0 radical (unpaired) electrons. The van der Waals surface area contributed by atoms with E-state index in [1.165, 1.54) is 5.56 Å². The van der Waals surface area contributed by atoms with Gasteiger partial charge in [0.15, 0.2) is 17.5 Å². The first-order valence-electron chi connectivity index (χ1n) is 10.0. The van der Waals surface area contributed by atoms with Gasteiger partial charge >= 0.3 is 0 Å². The lowest BCUT2D eigenvalue weighted by Gasteiger charge is -2.21. The minimum atomic E-state index is 0.548. The summed E-state index contributed by atoms with van der Waals surface area (Å²) in [6.07, 6.45) is 1.99. The van der Waals surface area contributed by atoms with Crippen molar-refractivity contribution in [3.8, 4) is 11.5 Å². The molecule has 1 unspecified atom stereocenters. The van der Waals surface area contributed by atoms with Gasteiger partial charge in [0.05, 0.1) is 34.0 Å². The van der Waals surface area contributed by atoms with Crippen molar-refractivity contribution in [2.75, 3.05) is 67.3 Å². The third kappa shape index (κ3) is 6.87. The van der Waals surface area contributed by atoms with Crippen LogP contribution >= 0.6 is 0 Å². The van der Waals surface area contributed by atoms with E-state index in [-0.39, 0.29) is 0 Å². The first-order chi connectivity index (χ1) is 13.7. The molecule has 1 aliphatic heterocycles. The highest BCUT2D eigenvalue weighted by atomic mass is 16.5. The Kier molecular flexibility index (Phi) is 9.93. The van der Waals surface area contributed by atoms with Crippen LogP contribution in [0.5, 0.6) is 11.5 Å². The standard InChI is InChI=1S/C21H35N3O4/c1-5-22-21(24-11-9-18(15-24)16-28-13-12-25-2)23-10-8-17-6-7-19(26-3)20(14-17)27-4/h6-7,14,18H,5,8-13,15-16H2,1-4H3,(H,22,23). The lowest BCUT2D eigenvalue weighted by molar-refractivity contribution is 0.0536. The fourth-order valence-electron chi connectivity index (χ4n) is 3.31. The maximum atomic E-state index is 5.69. The molecule has 0 saturated carbocycles. The number of nitrogens with zero attached hydrogens (tertiary/aromatic N) is 2. The van der Waals surface area contributed by atoms with Crippen molar-refractivity contribution in [1.29, 1.82) is 0 Å². The fourth-order valence-corrected chi connectivity index (χ4v) is 3.31. The summed E-state index contributed by atoms with van der Waals surface area (Å²) in [5.74, 6) is 3.04. The highest BCUT2D eigenvalue weighted by Gasteiger charge is 2.24. The number of likely N-dealkylation sites (tertiary alicyclic amines) is 1. The lowest BCUT2D eigenvalue weighted by Crippen LogP contribution is -2.40. The molecule has 0 bridgehead atoms. The minimum absolute atomic E-state index is 0.548. The van der Waals surface area contributed by atoms with Crippen LogP contribution in [0.4, 0.5) is 0 Å². The van der Waals surface area contributed by atoms with Crippen molar-refractivity contribution in [1.82, 2.24) is 10.2 Å². The minimum Gasteiger partial charge on any atom is -0.493 e. The van der Waals surface area contributed by atoms with E-state index in [4.69, 9.17) is 23.9 Å². The van der Waals surface area contributed by atoms with E-state index in [0.29, 0.717) is 19.1 Å². The van der Waals surface area contributed by atoms with E-state index < -0.39 is 0 Å². The molecule has 1 aliphatic rings. The quantitative estimate of drug-likeness (QED) is 0.353. The smallest absolute Gasteiger partial charge is 0.193 e. The number of guanidine groups is 1. The van der Waals surface area contributed by atoms with Crippen molar-refractivity contribution in [3.63, 3.8) is 0 Å². The largest absolute Gasteiger partial charge is 0.493 e.